The highest BCUT2D eigenvalue weighted by Crippen LogP contribution is 2.51. The van der Waals surface area contributed by atoms with Crippen molar-refractivity contribution in [2.75, 3.05) is 19.7 Å². The van der Waals surface area contributed by atoms with E-state index < -0.39 is 0 Å². The third kappa shape index (κ3) is 2.26. The zero-order valence-corrected chi connectivity index (χ0v) is 13.9. The molecule has 4 rings (SSSR count). The fourth-order valence-corrected chi connectivity index (χ4v) is 4.26. The van der Waals surface area contributed by atoms with E-state index in [1.807, 2.05) is 36.1 Å². The molecular formula is C19H23NO4. The maximum atomic E-state index is 12.9. The maximum absolute atomic E-state index is 12.9. The van der Waals surface area contributed by atoms with Gasteiger partial charge in [0.2, 0.25) is 0 Å². The van der Waals surface area contributed by atoms with Gasteiger partial charge in [-0.1, -0.05) is 18.2 Å². The summed E-state index contributed by atoms with van der Waals surface area (Å²) in [6, 6.07) is 7.60. The van der Waals surface area contributed by atoms with Gasteiger partial charge in [-0.05, 0) is 25.8 Å². The molecule has 1 saturated carbocycles. The van der Waals surface area contributed by atoms with Crippen LogP contribution in [-0.4, -0.2) is 47.8 Å². The third-order valence-corrected chi connectivity index (χ3v) is 5.80. The first-order valence-electron chi connectivity index (χ1n) is 8.71. The van der Waals surface area contributed by atoms with Crippen LogP contribution in [0.1, 0.15) is 36.5 Å². The molecule has 1 saturated heterocycles. The van der Waals surface area contributed by atoms with E-state index in [1.165, 1.54) is 0 Å². The highest BCUT2D eigenvalue weighted by atomic mass is 16.5. The van der Waals surface area contributed by atoms with Gasteiger partial charge in [0.25, 0.3) is 5.91 Å². The van der Waals surface area contributed by atoms with E-state index in [0.717, 1.165) is 23.8 Å². The summed E-state index contributed by atoms with van der Waals surface area (Å²) < 4.78 is 11.3. The Balaban J connectivity index is 1.49. The second-order valence-electron chi connectivity index (χ2n) is 6.87. The van der Waals surface area contributed by atoms with Gasteiger partial charge in [-0.15, -0.1) is 0 Å². The number of fused-ring (bicyclic) bond motifs is 1. The Morgan fingerprint density at radius 1 is 1.38 bits per heavy atom. The van der Waals surface area contributed by atoms with Gasteiger partial charge in [0.15, 0.2) is 0 Å². The second-order valence-corrected chi connectivity index (χ2v) is 6.87. The standard InChI is InChI=1S/C19H23NO4/c1-2-23-17-11-16(21)19(17)7-9-20(10-8-19)18(22)14-12-24-15-6-4-3-5-13(14)15/h3-6,12,16-17,21H,2,7-11H2,1H3/t16-,17+/m0/s1. The summed E-state index contributed by atoms with van der Waals surface area (Å²) in [5.41, 5.74) is 1.20. The van der Waals surface area contributed by atoms with E-state index in [0.29, 0.717) is 31.7 Å². The number of furan rings is 1. The number of benzene rings is 1. The van der Waals surface area contributed by atoms with E-state index in [9.17, 15) is 9.90 Å². The average Bonchev–Trinajstić information content (AvgIpc) is 3.05. The van der Waals surface area contributed by atoms with Crippen LogP contribution in [-0.2, 0) is 4.74 Å². The molecule has 2 aromatic rings. The minimum Gasteiger partial charge on any atom is -0.463 e. The number of para-hydroxylation sites is 1. The number of carbonyl (C=O) groups excluding carboxylic acids is 1. The number of piperidine rings is 1. The zero-order valence-electron chi connectivity index (χ0n) is 13.9. The molecule has 2 atom stereocenters. The van der Waals surface area contributed by atoms with Gasteiger partial charge in [-0.3, -0.25) is 4.79 Å². The lowest BCUT2D eigenvalue weighted by molar-refractivity contribution is -0.207. The molecule has 1 N–H and O–H groups in total. The minimum atomic E-state index is -0.305. The number of aliphatic hydroxyl groups excluding tert-OH is 1. The number of nitrogens with zero attached hydrogens (tertiary/aromatic N) is 1. The zero-order chi connectivity index (χ0) is 16.7. The fraction of sp³-hybridized carbons (Fsp3) is 0.526. The molecule has 2 heterocycles. The molecule has 5 heteroatoms. The van der Waals surface area contributed by atoms with E-state index in [1.54, 1.807) is 6.26 Å². The van der Waals surface area contributed by atoms with Crippen molar-refractivity contribution in [3.05, 3.63) is 36.1 Å². The van der Waals surface area contributed by atoms with Gasteiger partial charge in [0, 0.05) is 36.9 Å². The monoisotopic (exact) mass is 329 g/mol. The van der Waals surface area contributed by atoms with Crippen molar-refractivity contribution in [3.63, 3.8) is 0 Å². The van der Waals surface area contributed by atoms with Crippen LogP contribution in [0, 0.1) is 5.41 Å². The van der Waals surface area contributed by atoms with Crippen molar-refractivity contribution in [2.24, 2.45) is 5.41 Å². The summed E-state index contributed by atoms with van der Waals surface area (Å²) in [7, 11) is 0. The normalized spacial score (nSPS) is 25.8. The van der Waals surface area contributed by atoms with Crippen molar-refractivity contribution in [2.45, 2.75) is 38.4 Å². The predicted octanol–water partition coefficient (Wildman–Crippen LogP) is 2.82. The molecule has 24 heavy (non-hydrogen) atoms. The number of ether oxygens (including phenoxy) is 1. The lowest BCUT2D eigenvalue weighted by atomic mass is 9.58. The summed E-state index contributed by atoms with van der Waals surface area (Å²) in [6.45, 7) is 3.96. The molecule has 1 spiro atoms. The Morgan fingerprint density at radius 2 is 2.12 bits per heavy atom. The van der Waals surface area contributed by atoms with E-state index in [2.05, 4.69) is 0 Å². The van der Waals surface area contributed by atoms with Crippen molar-refractivity contribution >= 4 is 16.9 Å². The number of hydrogen-bond acceptors (Lipinski definition) is 4. The molecule has 5 nitrogen and oxygen atoms in total. The van der Waals surface area contributed by atoms with Crippen molar-refractivity contribution in [1.82, 2.24) is 4.90 Å². The average molecular weight is 329 g/mol. The highest BCUT2D eigenvalue weighted by Gasteiger charge is 2.56. The van der Waals surface area contributed by atoms with Gasteiger partial charge in [-0.25, -0.2) is 0 Å². The van der Waals surface area contributed by atoms with Gasteiger partial charge >= 0.3 is 0 Å². The van der Waals surface area contributed by atoms with Crippen molar-refractivity contribution in [3.8, 4) is 0 Å². The summed E-state index contributed by atoms with van der Waals surface area (Å²) in [6.07, 6.45) is 3.68. The predicted molar refractivity (Wildman–Crippen MR) is 89.8 cm³/mol. The van der Waals surface area contributed by atoms with Crippen LogP contribution in [0.4, 0.5) is 0 Å². The first-order valence-corrected chi connectivity index (χ1v) is 8.71. The number of aliphatic hydroxyl groups is 1. The SMILES string of the molecule is CCO[C@@H]1C[C@H](O)C12CCN(C(=O)c1coc3ccccc13)CC2. The Morgan fingerprint density at radius 3 is 2.83 bits per heavy atom. The van der Waals surface area contributed by atoms with Crippen molar-refractivity contribution < 1.29 is 19.1 Å². The fourth-order valence-electron chi connectivity index (χ4n) is 4.26. The molecule has 2 fully saturated rings. The van der Waals surface area contributed by atoms with Crippen LogP contribution in [0.5, 0.6) is 0 Å². The molecule has 1 aromatic heterocycles. The Bertz CT molecular complexity index is 743. The summed E-state index contributed by atoms with van der Waals surface area (Å²) in [5, 5.41) is 11.1. The highest BCUT2D eigenvalue weighted by molar-refractivity contribution is 6.05. The quantitative estimate of drug-likeness (QED) is 0.940. The summed E-state index contributed by atoms with van der Waals surface area (Å²) in [5.74, 6) is 0.0107. The Hall–Kier alpha value is -1.85. The molecule has 0 radical (unpaired) electrons. The molecule has 1 aliphatic heterocycles. The van der Waals surface area contributed by atoms with Gasteiger partial charge in [0.05, 0.1) is 17.8 Å². The summed E-state index contributed by atoms with van der Waals surface area (Å²) in [4.78, 5) is 14.7. The smallest absolute Gasteiger partial charge is 0.257 e. The second kappa shape index (κ2) is 5.90. The van der Waals surface area contributed by atoms with Crippen LogP contribution in [0.2, 0.25) is 0 Å². The van der Waals surface area contributed by atoms with Gasteiger partial charge < -0.3 is 19.2 Å². The topological polar surface area (TPSA) is 62.9 Å². The van der Waals surface area contributed by atoms with Gasteiger partial charge in [-0.2, -0.15) is 0 Å². The van der Waals surface area contributed by atoms with Crippen molar-refractivity contribution in [1.29, 1.82) is 0 Å². The van der Waals surface area contributed by atoms with E-state index >= 15 is 0 Å². The van der Waals surface area contributed by atoms with E-state index in [-0.39, 0.29) is 23.5 Å². The molecule has 128 valence electrons. The lowest BCUT2D eigenvalue weighted by Gasteiger charge is -2.56. The van der Waals surface area contributed by atoms with Gasteiger partial charge in [0.1, 0.15) is 11.8 Å². The van der Waals surface area contributed by atoms with Crippen LogP contribution in [0.15, 0.2) is 34.9 Å². The molecule has 1 amide bonds. The Labute approximate surface area is 141 Å². The number of amides is 1. The molecule has 1 aromatic carbocycles. The van der Waals surface area contributed by atoms with Crippen LogP contribution in [0.3, 0.4) is 0 Å². The lowest BCUT2D eigenvalue weighted by Crippen LogP contribution is -2.62. The number of rotatable bonds is 3. The first kappa shape index (κ1) is 15.7. The Kier molecular flexibility index (Phi) is 3.85. The molecular weight excluding hydrogens is 306 g/mol. The van der Waals surface area contributed by atoms with Crippen LogP contribution >= 0.6 is 0 Å². The maximum Gasteiger partial charge on any atom is 0.257 e. The minimum absolute atomic E-state index is 0.0107. The largest absolute Gasteiger partial charge is 0.463 e. The number of hydrogen-bond donors (Lipinski definition) is 1. The molecule has 2 aliphatic rings. The van der Waals surface area contributed by atoms with Crippen LogP contribution in [0.25, 0.3) is 11.0 Å². The first-order chi connectivity index (χ1) is 11.7. The molecule has 1 aliphatic carbocycles. The summed E-state index contributed by atoms with van der Waals surface area (Å²) >= 11 is 0. The number of carbonyl (C=O) groups is 1. The third-order valence-electron chi connectivity index (χ3n) is 5.80. The number of likely N-dealkylation sites (tertiary alicyclic amines) is 1. The molecule has 0 unspecified atom stereocenters. The molecule has 0 bridgehead atoms. The van der Waals surface area contributed by atoms with Crippen LogP contribution < -0.4 is 0 Å². The van der Waals surface area contributed by atoms with E-state index in [4.69, 9.17) is 9.15 Å².